The Bertz CT molecular complexity index is 701. The molecule has 6 nitrogen and oxygen atoms in total. The normalized spacial score (nSPS) is 17.3. The number of aromatic nitrogens is 1. The highest BCUT2D eigenvalue weighted by molar-refractivity contribution is 5.76. The monoisotopic (exact) mass is 356 g/mol. The average Bonchev–Trinajstić information content (AvgIpc) is 2.48. The molecule has 136 valence electrons. The first-order chi connectivity index (χ1) is 11.7. The van der Waals surface area contributed by atoms with E-state index >= 15 is 0 Å². The van der Waals surface area contributed by atoms with E-state index in [1.807, 2.05) is 11.8 Å². The summed E-state index contributed by atoms with van der Waals surface area (Å²) < 4.78 is 41.4. The summed E-state index contributed by atoms with van der Waals surface area (Å²) in [5.74, 6) is -0.268. The summed E-state index contributed by atoms with van der Waals surface area (Å²) in [5.41, 5.74) is 2.15. The van der Waals surface area contributed by atoms with Crippen LogP contribution in [0.5, 0.6) is 5.88 Å². The Kier molecular flexibility index (Phi) is 5.66. The number of carbonyl (C=O) groups is 1. The summed E-state index contributed by atoms with van der Waals surface area (Å²) in [7, 11) is 0. The van der Waals surface area contributed by atoms with Gasteiger partial charge in [0.05, 0.1) is 0 Å². The molecule has 0 saturated carbocycles. The lowest BCUT2D eigenvalue weighted by Gasteiger charge is -2.33. The van der Waals surface area contributed by atoms with Crippen LogP contribution in [0, 0.1) is 6.92 Å². The molecule has 1 N–H and O–H groups in total. The van der Waals surface area contributed by atoms with Gasteiger partial charge in [-0.2, -0.15) is 13.2 Å². The molecule has 1 unspecified atom stereocenters. The number of hydrogen-bond donors (Lipinski definition) is 1. The highest BCUT2D eigenvalue weighted by Crippen LogP contribution is 2.22. The van der Waals surface area contributed by atoms with E-state index in [-0.39, 0.29) is 11.8 Å². The molecule has 2 rings (SSSR count). The maximum Gasteiger partial charge on any atom is 0.422 e. The highest BCUT2D eigenvalue weighted by Gasteiger charge is 2.29. The van der Waals surface area contributed by atoms with Crippen molar-refractivity contribution in [3.63, 3.8) is 0 Å². The standard InChI is InChI=1S/C16H19F3N4O2/c1-10-6-13(7-21-14(10)25-9-16(17,18)19)8-23-11(2)4-5-20-15(23)22-12(3)24/h4-7,15H,8-9H2,1-3H3,(H,22,24). The molecule has 1 aliphatic heterocycles. The number of carbonyl (C=O) groups excluding carboxylic acids is 1. The Morgan fingerprint density at radius 2 is 2.12 bits per heavy atom. The Labute approximate surface area is 143 Å². The van der Waals surface area contributed by atoms with Gasteiger partial charge in [0, 0.05) is 37.1 Å². The van der Waals surface area contributed by atoms with E-state index in [2.05, 4.69) is 15.3 Å². The third-order valence-corrected chi connectivity index (χ3v) is 3.44. The largest absolute Gasteiger partial charge is 0.468 e. The molecule has 1 aliphatic rings. The predicted octanol–water partition coefficient (Wildman–Crippen LogP) is 2.54. The van der Waals surface area contributed by atoms with Crippen molar-refractivity contribution < 1.29 is 22.7 Å². The van der Waals surface area contributed by atoms with Crippen LogP contribution in [0.3, 0.4) is 0 Å². The van der Waals surface area contributed by atoms with E-state index in [9.17, 15) is 18.0 Å². The fourth-order valence-electron chi connectivity index (χ4n) is 2.31. The number of pyridine rings is 1. The molecule has 0 saturated heterocycles. The molecule has 0 fully saturated rings. The molecule has 1 atom stereocenters. The minimum Gasteiger partial charge on any atom is -0.468 e. The van der Waals surface area contributed by atoms with Gasteiger partial charge in [-0.05, 0) is 31.6 Å². The molecule has 9 heteroatoms. The average molecular weight is 356 g/mol. The first-order valence-corrected chi connectivity index (χ1v) is 7.54. The van der Waals surface area contributed by atoms with E-state index in [0.29, 0.717) is 12.1 Å². The molecule has 0 aliphatic carbocycles. The number of nitrogens with one attached hydrogen (secondary N) is 1. The molecule has 0 bridgehead atoms. The SMILES string of the molecule is CC(=O)NC1N=CC=C(C)N1Cc1cnc(OCC(F)(F)F)c(C)c1. The van der Waals surface area contributed by atoms with Crippen LogP contribution in [0.2, 0.25) is 0 Å². The minimum absolute atomic E-state index is 0.0524. The Balaban J connectivity index is 2.11. The van der Waals surface area contributed by atoms with Gasteiger partial charge in [-0.25, -0.2) is 9.98 Å². The van der Waals surface area contributed by atoms with Crippen LogP contribution in [-0.4, -0.2) is 41.1 Å². The lowest BCUT2D eigenvalue weighted by Crippen LogP contribution is -2.46. The van der Waals surface area contributed by atoms with E-state index in [1.165, 1.54) is 13.1 Å². The molecule has 1 aromatic rings. The van der Waals surface area contributed by atoms with Crippen LogP contribution >= 0.6 is 0 Å². The van der Waals surface area contributed by atoms with E-state index in [0.717, 1.165) is 11.3 Å². The van der Waals surface area contributed by atoms with Crippen molar-refractivity contribution in [2.45, 2.75) is 39.8 Å². The van der Waals surface area contributed by atoms with E-state index in [1.54, 1.807) is 25.3 Å². The van der Waals surface area contributed by atoms with Crippen LogP contribution in [0.15, 0.2) is 29.0 Å². The number of aryl methyl sites for hydroxylation is 1. The van der Waals surface area contributed by atoms with Gasteiger partial charge >= 0.3 is 6.18 Å². The van der Waals surface area contributed by atoms with Crippen molar-refractivity contribution in [2.75, 3.05) is 6.61 Å². The molecule has 1 amide bonds. The smallest absolute Gasteiger partial charge is 0.422 e. The fourth-order valence-corrected chi connectivity index (χ4v) is 2.31. The molecule has 1 aromatic heterocycles. The van der Waals surface area contributed by atoms with Crippen molar-refractivity contribution in [3.8, 4) is 5.88 Å². The topological polar surface area (TPSA) is 66.8 Å². The van der Waals surface area contributed by atoms with Crippen molar-refractivity contribution in [1.82, 2.24) is 15.2 Å². The van der Waals surface area contributed by atoms with Gasteiger partial charge in [-0.15, -0.1) is 0 Å². The van der Waals surface area contributed by atoms with Gasteiger partial charge in [0.15, 0.2) is 12.9 Å². The van der Waals surface area contributed by atoms with Gasteiger partial charge in [0.2, 0.25) is 11.8 Å². The van der Waals surface area contributed by atoms with Gasteiger partial charge in [0.1, 0.15) is 0 Å². The number of alkyl halides is 3. The molecular formula is C16H19F3N4O2. The molecule has 0 spiro atoms. The van der Waals surface area contributed by atoms with Gasteiger partial charge in [-0.1, -0.05) is 0 Å². The molecule has 2 heterocycles. The lowest BCUT2D eigenvalue weighted by atomic mass is 10.2. The molecule has 0 aromatic carbocycles. The number of ether oxygens (including phenoxy) is 1. The van der Waals surface area contributed by atoms with Crippen molar-refractivity contribution in [3.05, 3.63) is 35.2 Å². The number of rotatable bonds is 5. The van der Waals surface area contributed by atoms with Crippen molar-refractivity contribution in [2.24, 2.45) is 4.99 Å². The van der Waals surface area contributed by atoms with Crippen molar-refractivity contribution in [1.29, 1.82) is 0 Å². The van der Waals surface area contributed by atoms with Gasteiger partial charge in [-0.3, -0.25) is 4.79 Å². The second-order valence-corrected chi connectivity index (χ2v) is 5.68. The van der Waals surface area contributed by atoms with Crippen LogP contribution in [0.4, 0.5) is 13.2 Å². The van der Waals surface area contributed by atoms with Crippen LogP contribution < -0.4 is 10.1 Å². The molecule has 25 heavy (non-hydrogen) atoms. The Hall–Kier alpha value is -2.58. The number of allylic oxidation sites excluding steroid dienone is 2. The van der Waals surface area contributed by atoms with Crippen LogP contribution in [-0.2, 0) is 11.3 Å². The Morgan fingerprint density at radius 3 is 2.72 bits per heavy atom. The summed E-state index contributed by atoms with van der Waals surface area (Å²) in [4.78, 5) is 21.4. The zero-order valence-corrected chi connectivity index (χ0v) is 14.1. The van der Waals surface area contributed by atoms with E-state index < -0.39 is 19.1 Å². The van der Waals surface area contributed by atoms with Gasteiger partial charge in [0.25, 0.3) is 0 Å². The zero-order chi connectivity index (χ0) is 18.6. The van der Waals surface area contributed by atoms with Crippen LogP contribution in [0.1, 0.15) is 25.0 Å². The lowest BCUT2D eigenvalue weighted by molar-refractivity contribution is -0.154. The maximum atomic E-state index is 12.2. The number of nitrogens with zero attached hydrogens (tertiary/aromatic N) is 3. The third kappa shape index (κ3) is 5.47. The number of halogens is 3. The summed E-state index contributed by atoms with van der Waals surface area (Å²) in [5, 5.41) is 2.72. The zero-order valence-electron chi connectivity index (χ0n) is 14.1. The third-order valence-electron chi connectivity index (χ3n) is 3.44. The highest BCUT2D eigenvalue weighted by atomic mass is 19.4. The summed E-state index contributed by atoms with van der Waals surface area (Å²) in [6, 6.07) is 1.70. The second-order valence-electron chi connectivity index (χ2n) is 5.68. The number of aliphatic imine (C=N–C) groups is 1. The summed E-state index contributed by atoms with van der Waals surface area (Å²) in [6.07, 6.45) is -0.0751. The van der Waals surface area contributed by atoms with Gasteiger partial charge < -0.3 is 15.0 Å². The minimum atomic E-state index is -4.41. The maximum absolute atomic E-state index is 12.2. The summed E-state index contributed by atoms with van der Waals surface area (Å²) in [6.45, 7) is 3.91. The quantitative estimate of drug-likeness (QED) is 0.880. The molecular weight excluding hydrogens is 337 g/mol. The number of amides is 1. The predicted molar refractivity (Wildman–Crippen MR) is 85.9 cm³/mol. The first-order valence-electron chi connectivity index (χ1n) is 7.54. The Morgan fingerprint density at radius 1 is 1.40 bits per heavy atom. The van der Waals surface area contributed by atoms with Crippen molar-refractivity contribution >= 4 is 12.1 Å². The first kappa shape index (κ1) is 18.8. The van der Waals surface area contributed by atoms with Crippen LogP contribution in [0.25, 0.3) is 0 Å². The summed E-state index contributed by atoms with van der Waals surface area (Å²) >= 11 is 0. The fraction of sp³-hybridized carbons (Fsp3) is 0.438. The van der Waals surface area contributed by atoms with E-state index in [4.69, 9.17) is 4.74 Å². The number of hydrogen-bond acceptors (Lipinski definition) is 5. The second kappa shape index (κ2) is 7.54. The molecule has 0 radical (unpaired) electrons.